The highest BCUT2D eigenvalue weighted by Gasteiger charge is 2.19. The molecular formula is C17H13N5O3S. The van der Waals surface area contributed by atoms with Crippen LogP contribution in [0.1, 0.15) is 10.5 Å². The van der Waals surface area contributed by atoms with Gasteiger partial charge < -0.3 is 4.74 Å². The minimum Gasteiger partial charge on any atom is -0.493 e. The normalized spacial score (nSPS) is 10.8. The van der Waals surface area contributed by atoms with Crippen molar-refractivity contribution in [1.29, 1.82) is 0 Å². The Morgan fingerprint density at radius 3 is 2.81 bits per heavy atom. The van der Waals surface area contributed by atoms with Crippen LogP contribution < -0.4 is 15.7 Å². The topological polar surface area (TPSA) is 91.0 Å². The summed E-state index contributed by atoms with van der Waals surface area (Å²) in [6, 6.07) is 11.0. The summed E-state index contributed by atoms with van der Waals surface area (Å²) >= 11 is 1.36. The number of thiophene rings is 1. The van der Waals surface area contributed by atoms with Crippen molar-refractivity contribution in [3.63, 3.8) is 0 Å². The molecular weight excluding hydrogens is 354 g/mol. The summed E-state index contributed by atoms with van der Waals surface area (Å²) in [4.78, 5) is 29.8. The lowest BCUT2D eigenvalue weighted by molar-refractivity contribution is 0.0999. The van der Waals surface area contributed by atoms with Crippen molar-refractivity contribution in [2.45, 2.75) is 0 Å². The molecule has 1 aromatic carbocycles. The Morgan fingerprint density at radius 2 is 2.04 bits per heavy atom. The third-order valence-corrected chi connectivity index (χ3v) is 4.56. The fourth-order valence-corrected chi connectivity index (χ4v) is 3.20. The number of hydrogen-bond donors (Lipinski definition) is 1. The molecule has 130 valence electrons. The second kappa shape index (κ2) is 6.45. The number of aromatic nitrogens is 4. The predicted octanol–water partition coefficient (Wildman–Crippen LogP) is 2.04. The number of nitrogens with one attached hydrogen (secondary N) is 1. The molecule has 0 aliphatic carbocycles. The Balaban J connectivity index is 1.68. The number of carbonyl (C=O) groups is 1. The number of para-hydroxylation sites is 1. The van der Waals surface area contributed by atoms with Crippen molar-refractivity contribution in [3.8, 4) is 11.4 Å². The van der Waals surface area contributed by atoms with Crippen molar-refractivity contribution in [3.05, 3.63) is 70.4 Å². The maximum absolute atomic E-state index is 12.6. The van der Waals surface area contributed by atoms with Gasteiger partial charge in [-0.3, -0.25) is 15.0 Å². The van der Waals surface area contributed by atoms with Crippen molar-refractivity contribution in [2.24, 2.45) is 0 Å². The molecule has 0 atom stereocenters. The molecule has 1 amide bonds. The third-order valence-electron chi connectivity index (χ3n) is 3.74. The summed E-state index contributed by atoms with van der Waals surface area (Å²) in [5, 5.41) is 6.49. The summed E-state index contributed by atoms with van der Waals surface area (Å²) < 4.78 is 7.83. The molecule has 26 heavy (non-hydrogen) atoms. The molecule has 0 aliphatic heterocycles. The fourth-order valence-electron chi connectivity index (χ4n) is 2.48. The summed E-state index contributed by atoms with van der Waals surface area (Å²) in [6.07, 6.45) is 2.88. The summed E-state index contributed by atoms with van der Waals surface area (Å²) in [7, 11) is 1.45. The van der Waals surface area contributed by atoms with E-state index >= 15 is 0 Å². The molecule has 0 saturated carbocycles. The average Bonchev–Trinajstić information content (AvgIpc) is 3.32. The van der Waals surface area contributed by atoms with Crippen LogP contribution in [0.3, 0.4) is 0 Å². The van der Waals surface area contributed by atoms with E-state index in [1.54, 1.807) is 17.6 Å². The molecule has 4 aromatic rings. The Labute approximate surface area is 151 Å². The van der Waals surface area contributed by atoms with Gasteiger partial charge in [-0.25, -0.2) is 14.3 Å². The van der Waals surface area contributed by atoms with Crippen molar-refractivity contribution >= 4 is 27.5 Å². The van der Waals surface area contributed by atoms with Gasteiger partial charge in [0.15, 0.2) is 11.4 Å². The third kappa shape index (κ3) is 2.74. The molecule has 8 nitrogen and oxygen atoms in total. The van der Waals surface area contributed by atoms with Crippen LogP contribution >= 0.6 is 11.3 Å². The average molecular weight is 367 g/mol. The maximum atomic E-state index is 12.6. The monoisotopic (exact) mass is 367 g/mol. The van der Waals surface area contributed by atoms with Gasteiger partial charge in [0.25, 0.3) is 11.5 Å². The lowest BCUT2D eigenvalue weighted by Gasteiger charge is -2.06. The predicted molar refractivity (Wildman–Crippen MR) is 97.7 cm³/mol. The van der Waals surface area contributed by atoms with Crippen molar-refractivity contribution in [2.75, 3.05) is 12.5 Å². The Hall–Kier alpha value is -3.46. The lowest BCUT2D eigenvalue weighted by Crippen LogP contribution is -2.33. The highest BCUT2D eigenvalue weighted by Crippen LogP contribution is 2.19. The molecule has 9 heteroatoms. The smallest absolute Gasteiger partial charge is 0.294 e. The van der Waals surface area contributed by atoms with Crippen LogP contribution in [0.4, 0.5) is 0 Å². The Kier molecular flexibility index (Phi) is 3.98. The van der Waals surface area contributed by atoms with Gasteiger partial charge in [0.1, 0.15) is 11.2 Å². The van der Waals surface area contributed by atoms with Gasteiger partial charge in [-0.05, 0) is 23.6 Å². The van der Waals surface area contributed by atoms with Gasteiger partial charge in [-0.15, -0.1) is 11.3 Å². The van der Waals surface area contributed by atoms with Crippen molar-refractivity contribution < 1.29 is 9.53 Å². The van der Waals surface area contributed by atoms with Gasteiger partial charge in [-0.1, -0.05) is 18.2 Å². The van der Waals surface area contributed by atoms with Crippen LogP contribution in [-0.2, 0) is 0 Å². The van der Waals surface area contributed by atoms with Crippen LogP contribution in [0.25, 0.3) is 15.9 Å². The molecule has 0 spiro atoms. The van der Waals surface area contributed by atoms with E-state index in [2.05, 4.69) is 15.5 Å². The zero-order chi connectivity index (χ0) is 18.1. The number of methoxy groups -OCH3 is 1. The van der Waals surface area contributed by atoms with Gasteiger partial charge in [-0.2, -0.15) is 5.10 Å². The first kappa shape index (κ1) is 16.0. The van der Waals surface area contributed by atoms with Crippen molar-refractivity contribution in [1.82, 2.24) is 19.4 Å². The Bertz CT molecular complexity index is 1150. The zero-order valence-corrected chi connectivity index (χ0v) is 14.4. The van der Waals surface area contributed by atoms with E-state index in [4.69, 9.17) is 4.74 Å². The number of ether oxygens (including phenoxy) is 1. The van der Waals surface area contributed by atoms with E-state index in [9.17, 15) is 9.59 Å². The summed E-state index contributed by atoms with van der Waals surface area (Å²) in [5.41, 5.74) is 2.99. The number of rotatable bonds is 4. The van der Waals surface area contributed by atoms with Crippen LogP contribution in [0, 0.1) is 0 Å². The van der Waals surface area contributed by atoms with Crippen LogP contribution in [-0.4, -0.2) is 32.5 Å². The van der Waals surface area contributed by atoms with E-state index < -0.39 is 5.91 Å². The number of amides is 1. The maximum Gasteiger partial charge on any atom is 0.294 e. The minimum atomic E-state index is -0.574. The highest BCUT2D eigenvalue weighted by atomic mass is 32.1. The first-order chi connectivity index (χ1) is 12.7. The van der Waals surface area contributed by atoms with E-state index in [0.29, 0.717) is 16.0 Å². The molecule has 1 N–H and O–H groups in total. The lowest BCUT2D eigenvalue weighted by atomic mass is 10.3. The second-order valence-electron chi connectivity index (χ2n) is 5.33. The summed E-state index contributed by atoms with van der Waals surface area (Å²) in [5.74, 6) is -0.279. The number of benzene rings is 1. The quantitative estimate of drug-likeness (QED) is 0.596. The molecule has 0 bridgehead atoms. The summed E-state index contributed by atoms with van der Waals surface area (Å²) in [6.45, 7) is 0. The van der Waals surface area contributed by atoms with Gasteiger partial charge >= 0.3 is 0 Å². The molecule has 0 radical (unpaired) electrons. The number of fused-ring (bicyclic) bond motifs is 1. The van der Waals surface area contributed by atoms with E-state index in [1.165, 1.54) is 29.5 Å². The second-order valence-corrected chi connectivity index (χ2v) is 6.22. The standard InChI is InChI=1S/C17H13N5O3S/c1-25-13-9-21(11-5-3-2-4-6-11)19-14(13)15(23)20-22-10-18-16-12(17(22)24)7-8-26-16/h2-10H,1H3,(H,20,23). The fraction of sp³-hybridized carbons (Fsp3) is 0.0588. The molecule has 3 aromatic heterocycles. The zero-order valence-electron chi connectivity index (χ0n) is 13.6. The van der Waals surface area contributed by atoms with Crippen LogP contribution in [0.5, 0.6) is 5.75 Å². The van der Waals surface area contributed by atoms with E-state index in [1.807, 2.05) is 30.3 Å². The molecule has 3 heterocycles. The number of nitrogens with zero attached hydrogens (tertiary/aromatic N) is 4. The van der Waals surface area contributed by atoms with Gasteiger partial charge in [0.05, 0.1) is 24.4 Å². The Morgan fingerprint density at radius 1 is 1.23 bits per heavy atom. The SMILES string of the molecule is COc1cn(-c2ccccc2)nc1C(=O)Nn1cnc2sccc2c1=O. The number of carbonyl (C=O) groups excluding carboxylic acids is 1. The van der Waals surface area contributed by atoms with Crippen LogP contribution in [0.2, 0.25) is 0 Å². The first-order valence-electron chi connectivity index (χ1n) is 7.62. The molecule has 4 rings (SSSR count). The largest absolute Gasteiger partial charge is 0.493 e. The van der Waals surface area contributed by atoms with Crippen LogP contribution in [0.15, 0.2) is 59.1 Å². The highest BCUT2D eigenvalue weighted by molar-refractivity contribution is 7.16. The van der Waals surface area contributed by atoms with Gasteiger partial charge in [0, 0.05) is 0 Å². The van der Waals surface area contributed by atoms with Gasteiger partial charge in [0.2, 0.25) is 0 Å². The number of hydrogen-bond acceptors (Lipinski definition) is 6. The molecule has 0 aliphatic rings. The first-order valence-corrected chi connectivity index (χ1v) is 8.50. The molecule has 0 unspecified atom stereocenters. The van der Waals surface area contributed by atoms with E-state index in [0.717, 1.165) is 10.4 Å². The molecule has 0 fully saturated rings. The minimum absolute atomic E-state index is 0.0636. The molecule has 0 saturated heterocycles. The van der Waals surface area contributed by atoms with E-state index in [-0.39, 0.29) is 11.3 Å².